The fraction of sp³-hybridized carbons (Fsp3) is 1.00. The van der Waals surface area contributed by atoms with E-state index in [4.69, 9.17) is 16.3 Å². The fourth-order valence-corrected chi connectivity index (χ4v) is 4.37. The third-order valence-corrected chi connectivity index (χ3v) is 6.20. The smallest absolute Gasteiger partial charge is 0.0516 e. The van der Waals surface area contributed by atoms with Crippen LogP contribution in [0.15, 0.2) is 0 Å². The zero-order valence-electron chi connectivity index (χ0n) is 11.1. The highest BCUT2D eigenvalue weighted by molar-refractivity contribution is 8.67. The number of hydrogen-bond donors (Lipinski definition) is 1. The first-order chi connectivity index (χ1) is 6.83. The molecule has 0 fully saturated rings. The summed E-state index contributed by atoms with van der Waals surface area (Å²) < 4.78 is 5.26. The van der Waals surface area contributed by atoms with Crippen LogP contribution >= 0.6 is 17.1 Å². The van der Waals surface area contributed by atoms with Crippen molar-refractivity contribution < 1.29 is 9.42 Å². The second-order valence-corrected chi connectivity index (χ2v) is 10.7. The highest BCUT2D eigenvalue weighted by atomic mass is 32.9. The van der Waals surface area contributed by atoms with Crippen LogP contribution in [-0.2, 0) is 16.3 Å². The molecule has 0 aliphatic rings. The summed E-state index contributed by atoms with van der Waals surface area (Å²) in [7, 11) is 0. The maximum absolute atomic E-state index is 11.7. The molecule has 0 heterocycles. The van der Waals surface area contributed by atoms with Crippen molar-refractivity contribution in [2.75, 3.05) is 12.4 Å². The van der Waals surface area contributed by atoms with E-state index in [9.17, 15) is 4.89 Å². The third-order valence-electron chi connectivity index (χ3n) is 1.89. The lowest BCUT2D eigenvalue weighted by Gasteiger charge is -2.27. The van der Waals surface area contributed by atoms with Gasteiger partial charge in [-0.05, 0) is 30.4 Å². The van der Waals surface area contributed by atoms with Gasteiger partial charge in [-0.1, -0.05) is 39.5 Å². The first-order valence-electron chi connectivity index (χ1n) is 5.43. The van der Waals surface area contributed by atoms with Gasteiger partial charge >= 0.3 is 0 Å². The molecule has 0 radical (unpaired) electrons. The van der Waals surface area contributed by atoms with Gasteiger partial charge < -0.3 is 15.6 Å². The van der Waals surface area contributed by atoms with Crippen molar-refractivity contribution in [3.63, 3.8) is 0 Å². The lowest BCUT2D eigenvalue weighted by Crippen LogP contribution is -2.05. The summed E-state index contributed by atoms with van der Waals surface area (Å²) in [6, 6.07) is 0. The summed E-state index contributed by atoms with van der Waals surface area (Å²) in [6.45, 7) is 9.04. The Morgan fingerprint density at radius 2 is 1.69 bits per heavy atom. The maximum Gasteiger partial charge on any atom is 0.0516 e. The average molecular weight is 287 g/mol. The minimum Gasteiger partial charge on any atom is -0.793 e. The van der Waals surface area contributed by atoms with Gasteiger partial charge in [0.25, 0.3) is 0 Å². The molecule has 3 nitrogen and oxygen atoms in total. The first-order valence-corrected chi connectivity index (χ1v) is 9.66. The van der Waals surface area contributed by atoms with Crippen LogP contribution in [0.4, 0.5) is 0 Å². The molecule has 0 bridgehead atoms. The highest BCUT2D eigenvalue weighted by Crippen LogP contribution is 2.52. The van der Waals surface area contributed by atoms with E-state index in [1.807, 2.05) is 0 Å². The molecule has 0 saturated heterocycles. The van der Waals surface area contributed by atoms with Crippen LogP contribution in [0.5, 0.6) is 0 Å². The van der Waals surface area contributed by atoms with Gasteiger partial charge in [-0.15, -0.1) is 11.4 Å². The second kappa shape index (κ2) is 9.86. The number of quaternary nitrogens is 1. The Kier molecular flexibility index (Phi) is 11.9. The topological polar surface area (TPSA) is 68.8 Å². The Balaban J connectivity index is 0. The molecule has 0 aromatic carbocycles. The summed E-state index contributed by atoms with van der Waals surface area (Å²) >= 11 is 6.25. The number of rotatable bonds is 8. The molecule has 4 N–H and O–H groups in total. The maximum atomic E-state index is 11.7. The monoisotopic (exact) mass is 287 g/mol. The van der Waals surface area contributed by atoms with Crippen LogP contribution in [0.2, 0.25) is 0 Å². The van der Waals surface area contributed by atoms with E-state index in [1.54, 1.807) is 0 Å². The van der Waals surface area contributed by atoms with Gasteiger partial charge in [-0.25, -0.2) is 0 Å². The molecule has 0 rings (SSSR count). The standard InChI is InChI=1S/C10H23O2PS2.H3N/c1-9(2)5-7-12-13(11,14)15-8-6-10(3)4;/h9-10H,5-8H2,1-4H3,(H,11,14);1H3. The van der Waals surface area contributed by atoms with Crippen LogP contribution < -0.4 is 11.0 Å². The minimum atomic E-state index is -2.80. The van der Waals surface area contributed by atoms with Crippen molar-refractivity contribution >= 4 is 28.9 Å². The van der Waals surface area contributed by atoms with E-state index in [0.717, 1.165) is 18.6 Å². The zero-order valence-corrected chi connectivity index (χ0v) is 13.6. The molecule has 0 aromatic heterocycles. The Morgan fingerprint density at radius 1 is 1.19 bits per heavy atom. The van der Waals surface area contributed by atoms with Gasteiger partial charge in [0, 0.05) is 5.69 Å². The van der Waals surface area contributed by atoms with Crippen LogP contribution in [0.3, 0.4) is 0 Å². The van der Waals surface area contributed by atoms with Gasteiger partial charge in [0.1, 0.15) is 0 Å². The Bertz CT molecular complexity index is 195. The molecule has 0 aliphatic heterocycles. The highest BCUT2D eigenvalue weighted by Gasteiger charge is 2.05. The van der Waals surface area contributed by atoms with Gasteiger partial charge in [-0.2, -0.15) is 0 Å². The molecule has 0 saturated carbocycles. The molecule has 0 spiro atoms. The summed E-state index contributed by atoms with van der Waals surface area (Å²) in [5.41, 5.74) is -2.80. The summed E-state index contributed by atoms with van der Waals surface area (Å²) in [5, 5.41) is 0. The Labute approximate surface area is 109 Å². The van der Waals surface area contributed by atoms with Crippen molar-refractivity contribution in [1.82, 2.24) is 6.15 Å². The van der Waals surface area contributed by atoms with E-state index in [-0.39, 0.29) is 6.15 Å². The minimum absolute atomic E-state index is 0. The lowest BCUT2D eigenvalue weighted by atomic mass is 10.2. The molecular weight excluding hydrogens is 261 g/mol. The zero-order chi connectivity index (χ0) is 11.9. The van der Waals surface area contributed by atoms with Crippen molar-refractivity contribution in [1.29, 1.82) is 0 Å². The van der Waals surface area contributed by atoms with Crippen LogP contribution in [0.25, 0.3) is 0 Å². The molecule has 0 aromatic rings. The summed E-state index contributed by atoms with van der Waals surface area (Å²) in [6.07, 6.45) is 1.96. The van der Waals surface area contributed by atoms with Gasteiger partial charge in [0.2, 0.25) is 0 Å². The average Bonchev–Trinajstić information content (AvgIpc) is 2.01. The van der Waals surface area contributed by atoms with Crippen LogP contribution in [-0.4, -0.2) is 12.4 Å². The van der Waals surface area contributed by atoms with E-state index in [0.29, 0.717) is 18.4 Å². The predicted molar refractivity (Wildman–Crippen MR) is 77.6 cm³/mol. The molecule has 6 heteroatoms. The van der Waals surface area contributed by atoms with Crippen LogP contribution in [0.1, 0.15) is 40.5 Å². The molecular formula is C10H26NO2PS2. The predicted octanol–water partition coefficient (Wildman–Crippen LogP) is 3.79. The van der Waals surface area contributed by atoms with E-state index in [1.165, 1.54) is 11.4 Å². The van der Waals surface area contributed by atoms with Crippen molar-refractivity contribution in [2.24, 2.45) is 11.8 Å². The van der Waals surface area contributed by atoms with Crippen LogP contribution in [0, 0.1) is 11.8 Å². The summed E-state index contributed by atoms with van der Waals surface area (Å²) in [4.78, 5) is 11.7. The molecule has 1 atom stereocenters. The van der Waals surface area contributed by atoms with Crippen molar-refractivity contribution in [3.8, 4) is 0 Å². The van der Waals surface area contributed by atoms with Gasteiger partial charge in [0.05, 0.1) is 6.61 Å². The van der Waals surface area contributed by atoms with E-state index >= 15 is 0 Å². The quantitative estimate of drug-likeness (QED) is 0.690. The Morgan fingerprint density at radius 3 is 2.12 bits per heavy atom. The molecule has 100 valence electrons. The second-order valence-electron chi connectivity index (χ2n) is 4.48. The molecule has 1 unspecified atom stereocenters. The normalized spacial score (nSPS) is 14.9. The molecule has 16 heavy (non-hydrogen) atoms. The number of hydrogen-bond acceptors (Lipinski definition) is 4. The fourth-order valence-electron chi connectivity index (χ4n) is 0.838. The van der Waals surface area contributed by atoms with Crippen molar-refractivity contribution in [2.45, 2.75) is 40.5 Å². The summed E-state index contributed by atoms with van der Waals surface area (Å²) in [5.74, 6) is 2.03. The van der Waals surface area contributed by atoms with E-state index < -0.39 is 5.69 Å². The van der Waals surface area contributed by atoms with Gasteiger partial charge in [0.15, 0.2) is 0 Å². The third kappa shape index (κ3) is 12.9. The van der Waals surface area contributed by atoms with Gasteiger partial charge in [-0.3, -0.25) is 0 Å². The lowest BCUT2D eigenvalue weighted by molar-refractivity contribution is -0.174. The Hall–Kier alpha value is 0.880. The van der Waals surface area contributed by atoms with E-state index in [2.05, 4.69) is 27.7 Å². The largest absolute Gasteiger partial charge is 0.793 e. The SMILES string of the molecule is CC(C)CCOP([O-])(=S)SCCC(C)C.[NH4+]. The molecule has 0 aliphatic carbocycles. The van der Waals surface area contributed by atoms with Crippen molar-refractivity contribution in [3.05, 3.63) is 0 Å². The first kappa shape index (κ1) is 19.2. The molecule has 0 amide bonds.